The van der Waals surface area contributed by atoms with Crippen LogP contribution in [0.3, 0.4) is 0 Å². The summed E-state index contributed by atoms with van der Waals surface area (Å²) in [4.78, 5) is 7.84. The van der Waals surface area contributed by atoms with Gasteiger partial charge in [0.1, 0.15) is 5.82 Å². The van der Waals surface area contributed by atoms with Gasteiger partial charge in [-0.25, -0.2) is 13.4 Å². The first-order chi connectivity index (χ1) is 10.5. The highest BCUT2D eigenvalue weighted by molar-refractivity contribution is 7.91. The lowest BCUT2D eigenvalue weighted by Gasteiger charge is -2.00. The Bertz CT molecular complexity index is 998. The fourth-order valence-corrected chi connectivity index (χ4v) is 3.13. The highest BCUT2D eigenvalue weighted by atomic mass is 32.2. The van der Waals surface area contributed by atoms with Gasteiger partial charge >= 0.3 is 0 Å². The van der Waals surface area contributed by atoms with E-state index >= 15 is 0 Å². The van der Waals surface area contributed by atoms with Crippen molar-refractivity contribution in [2.24, 2.45) is 0 Å². The average Bonchev–Trinajstić information content (AvgIpc) is 2.98. The first-order valence-corrected chi connectivity index (χ1v) is 8.42. The smallest absolute Gasteiger partial charge is 0.178 e. The van der Waals surface area contributed by atoms with Gasteiger partial charge in [-0.2, -0.15) is 5.26 Å². The Hall–Kier alpha value is -2.65. The number of nitriles is 1. The van der Waals surface area contributed by atoms with E-state index < -0.39 is 9.84 Å². The summed E-state index contributed by atoms with van der Waals surface area (Å²) < 4.78 is 23.9. The van der Waals surface area contributed by atoms with Crippen LogP contribution in [0.5, 0.6) is 0 Å². The third-order valence-electron chi connectivity index (χ3n) is 3.46. The molecule has 0 saturated carbocycles. The highest BCUT2D eigenvalue weighted by Crippen LogP contribution is 2.23. The second kappa shape index (κ2) is 5.28. The lowest BCUT2D eigenvalue weighted by Crippen LogP contribution is -2.03. The number of H-pyrrole nitrogens is 1. The Labute approximate surface area is 128 Å². The van der Waals surface area contributed by atoms with Crippen LogP contribution in [0.25, 0.3) is 22.4 Å². The zero-order chi connectivity index (χ0) is 15.7. The maximum absolute atomic E-state index is 11.9. The minimum atomic E-state index is -3.25. The number of imidazole rings is 1. The fraction of sp³-hybridized carbons (Fsp3) is 0.125. The van der Waals surface area contributed by atoms with E-state index in [1.165, 1.54) is 0 Å². The SMILES string of the molecule is CCS(=O)(=O)c1ccc2nc(-c3cccc(C#N)c3)[nH]c2c1. The first kappa shape index (κ1) is 14.3. The van der Waals surface area contributed by atoms with Crippen LogP contribution < -0.4 is 0 Å². The van der Waals surface area contributed by atoms with Gasteiger partial charge in [0.25, 0.3) is 0 Å². The molecule has 5 nitrogen and oxygen atoms in total. The lowest BCUT2D eigenvalue weighted by atomic mass is 10.1. The zero-order valence-corrected chi connectivity index (χ0v) is 12.7. The molecule has 0 radical (unpaired) electrons. The number of fused-ring (bicyclic) bond motifs is 1. The van der Waals surface area contributed by atoms with Gasteiger partial charge in [-0.15, -0.1) is 0 Å². The van der Waals surface area contributed by atoms with Crippen molar-refractivity contribution in [3.05, 3.63) is 48.0 Å². The molecule has 6 heteroatoms. The van der Waals surface area contributed by atoms with Gasteiger partial charge in [0, 0.05) is 5.56 Å². The molecule has 110 valence electrons. The Morgan fingerprint density at radius 3 is 2.77 bits per heavy atom. The van der Waals surface area contributed by atoms with E-state index in [0.717, 1.165) is 5.56 Å². The van der Waals surface area contributed by atoms with Gasteiger partial charge in [0.15, 0.2) is 9.84 Å². The van der Waals surface area contributed by atoms with Gasteiger partial charge in [-0.05, 0) is 30.3 Å². The summed E-state index contributed by atoms with van der Waals surface area (Å²) in [5.74, 6) is 0.669. The molecule has 0 fully saturated rings. The van der Waals surface area contributed by atoms with Crippen LogP contribution in [0, 0.1) is 11.3 Å². The number of nitrogens with one attached hydrogen (secondary N) is 1. The van der Waals surface area contributed by atoms with Crippen molar-refractivity contribution in [1.29, 1.82) is 5.26 Å². The summed E-state index contributed by atoms with van der Waals surface area (Å²) >= 11 is 0. The van der Waals surface area contributed by atoms with Crippen LogP contribution in [0.15, 0.2) is 47.4 Å². The van der Waals surface area contributed by atoms with Crippen molar-refractivity contribution in [1.82, 2.24) is 9.97 Å². The van der Waals surface area contributed by atoms with E-state index in [1.807, 2.05) is 6.07 Å². The largest absolute Gasteiger partial charge is 0.338 e. The van der Waals surface area contributed by atoms with E-state index in [9.17, 15) is 8.42 Å². The molecule has 3 rings (SSSR count). The normalized spacial score (nSPS) is 11.5. The molecular formula is C16H13N3O2S. The van der Waals surface area contributed by atoms with E-state index in [-0.39, 0.29) is 10.6 Å². The molecule has 0 unspecified atom stereocenters. The molecule has 0 saturated heterocycles. The van der Waals surface area contributed by atoms with Gasteiger partial charge in [0.05, 0.1) is 33.3 Å². The summed E-state index contributed by atoms with van der Waals surface area (Å²) in [7, 11) is -3.25. The number of aromatic amines is 1. The summed E-state index contributed by atoms with van der Waals surface area (Å²) in [6.45, 7) is 1.62. The summed E-state index contributed by atoms with van der Waals surface area (Å²) in [5.41, 5.74) is 2.68. The molecule has 2 aromatic carbocycles. The van der Waals surface area contributed by atoms with Crippen molar-refractivity contribution in [2.75, 3.05) is 5.75 Å². The molecule has 1 N–H and O–H groups in total. The fourth-order valence-electron chi connectivity index (χ4n) is 2.22. The summed E-state index contributed by atoms with van der Waals surface area (Å²) in [6, 6.07) is 14.0. The van der Waals surface area contributed by atoms with Crippen molar-refractivity contribution < 1.29 is 8.42 Å². The second-order valence-electron chi connectivity index (χ2n) is 4.86. The van der Waals surface area contributed by atoms with E-state index in [1.54, 1.807) is 43.3 Å². The Kier molecular flexibility index (Phi) is 3.43. The molecule has 0 aliphatic heterocycles. The van der Waals surface area contributed by atoms with Gasteiger partial charge in [-0.1, -0.05) is 19.1 Å². The molecule has 0 aliphatic carbocycles. The third-order valence-corrected chi connectivity index (χ3v) is 5.19. The standard InChI is InChI=1S/C16H13N3O2S/c1-2-22(20,21)13-6-7-14-15(9-13)19-16(18-14)12-5-3-4-11(8-12)10-17/h3-9H,2H2,1H3,(H,18,19). The third kappa shape index (κ3) is 2.47. The number of nitrogens with zero attached hydrogens (tertiary/aromatic N) is 2. The average molecular weight is 311 g/mol. The van der Waals surface area contributed by atoms with E-state index in [0.29, 0.717) is 22.4 Å². The van der Waals surface area contributed by atoms with Gasteiger partial charge in [-0.3, -0.25) is 0 Å². The van der Waals surface area contributed by atoms with Crippen LogP contribution in [0.2, 0.25) is 0 Å². The molecule has 0 amide bonds. The first-order valence-electron chi connectivity index (χ1n) is 6.76. The maximum Gasteiger partial charge on any atom is 0.178 e. The summed E-state index contributed by atoms with van der Waals surface area (Å²) in [6.07, 6.45) is 0. The molecule has 0 atom stereocenters. The van der Waals surface area contributed by atoms with Crippen molar-refractivity contribution in [3.63, 3.8) is 0 Å². The predicted molar refractivity (Wildman–Crippen MR) is 84.0 cm³/mol. The quantitative estimate of drug-likeness (QED) is 0.805. The lowest BCUT2D eigenvalue weighted by molar-refractivity contribution is 0.597. The van der Waals surface area contributed by atoms with Crippen molar-refractivity contribution in [2.45, 2.75) is 11.8 Å². The second-order valence-corrected chi connectivity index (χ2v) is 7.14. The minimum Gasteiger partial charge on any atom is -0.338 e. The molecule has 22 heavy (non-hydrogen) atoms. The number of sulfone groups is 1. The molecule has 0 bridgehead atoms. The Morgan fingerprint density at radius 1 is 1.23 bits per heavy atom. The zero-order valence-electron chi connectivity index (χ0n) is 11.9. The van der Waals surface area contributed by atoms with E-state index in [4.69, 9.17) is 5.26 Å². The van der Waals surface area contributed by atoms with Crippen LogP contribution in [-0.4, -0.2) is 24.1 Å². The van der Waals surface area contributed by atoms with Crippen molar-refractivity contribution in [3.8, 4) is 17.5 Å². The number of rotatable bonds is 3. The summed E-state index contributed by atoms with van der Waals surface area (Å²) in [5, 5.41) is 8.95. The van der Waals surface area contributed by atoms with Crippen LogP contribution in [0.4, 0.5) is 0 Å². The Balaban J connectivity index is 2.12. The van der Waals surface area contributed by atoms with Crippen LogP contribution in [-0.2, 0) is 9.84 Å². The minimum absolute atomic E-state index is 0.0592. The molecule has 0 spiro atoms. The van der Waals surface area contributed by atoms with Crippen molar-refractivity contribution >= 4 is 20.9 Å². The topological polar surface area (TPSA) is 86.6 Å². The number of hydrogen-bond acceptors (Lipinski definition) is 4. The van der Waals surface area contributed by atoms with Gasteiger partial charge in [0.2, 0.25) is 0 Å². The monoisotopic (exact) mass is 311 g/mol. The number of hydrogen-bond donors (Lipinski definition) is 1. The Morgan fingerprint density at radius 2 is 2.05 bits per heavy atom. The van der Waals surface area contributed by atoms with E-state index in [2.05, 4.69) is 16.0 Å². The number of aromatic nitrogens is 2. The highest BCUT2D eigenvalue weighted by Gasteiger charge is 2.14. The predicted octanol–water partition coefficient (Wildman–Crippen LogP) is 2.90. The molecule has 3 aromatic rings. The molecule has 0 aliphatic rings. The van der Waals surface area contributed by atoms with Crippen LogP contribution >= 0.6 is 0 Å². The molecular weight excluding hydrogens is 298 g/mol. The van der Waals surface area contributed by atoms with Crippen LogP contribution in [0.1, 0.15) is 12.5 Å². The maximum atomic E-state index is 11.9. The van der Waals surface area contributed by atoms with Gasteiger partial charge < -0.3 is 4.98 Å². The molecule has 1 heterocycles. The number of benzene rings is 2. The molecule has 1 aromatic heterocycles.